The summed E-state index contributed by atoms with van der Waals surface area (Å²) in [4.78, 5) is 26.5. The standard InChI is InChI=1S/C14H11N3O2/c18-13-12(16-14(19)17-13)5-4-9-2-1-3-10-8-15-7-6-11(9)10/h1-3,7-8,11-12H,6H2,(H2,16,17,18,19). The number of fused-ring (bicyclic) bond motifs is 1. The first-order chi connectivity index (χ1) is 9.24. The number of carbonyl (C=O) groups is 2. The minimum absolute atomic E-state index is 0.204. The number of hydrogen-bond donors (Lipinski definition) is 2. The molecule has 0 bridgehead atoms. The molecule has 0 saturated carbocycles. The topological polar surface area (TPSA) is 70.6 Å². The van der Waals surface area contributed by atoms with E-state index < -0.39 is 18.0 Å². The second kappa shape index (κ2) is 4.58. The summed E-state index contributed by atoms with van der Waals surface area (Å²) < 4.78 is 0. The van der Waals surface area contributed by atoms with Crippen molar-refractivity contribution in [2.75, 3.05) is 0 Å². The second-order valence-electron chi connectivity index (χ2n) is 4.40. The summed E-state index contributed by atoms with van der Waals surface area (Å²) in [6.45, 7) is 0. The van der Waals surface area contributed by atoms with Crippen LogP contribution in [0.15, 0.2) is 40.6 Å². The normalized spacial score (nSPS) is 27.6. The lowest BCUT2D eigenvalue weighted by Gasteiger charge is -2.21. The van der Waals surface area contributed by atoms with Crippen LogP contribution in [0, 0.1) is 17.8 Å². The molecule has 0 radical (unpaired) electrons. The zero-order valence-electron chi connectivity index (χ0n) is 10.0. The van der Waals surface area contributed by atoms with Crippen LogP contribution in [0.25, 0.3) is 0 Å². The molecule has 0 aromatic carbocycles. The van der Waals surface area contributed by atoms with E-state index in [1.54, 1.807) is 0 Å². The van der Waals surface area contributed by atoms with E-state index in [1.165, 1.54) is 0 Å². The smallest absolute Gasteiger partial charge is 0.316 e. The van der Waals surface area contributed by atoms with Crippen molar-refractivity contribution in [2.45, 2.75) is 12.5 Å². The Morgan fingerprint density at radius 2 is 2.26 bits per heavy atom. The van der Waals surface area contributed by atoms with Crippen LogP contribution in [-0.4, -0.2) is 24.2 Å². The lowest BCUT2D eigenvalue weighted by Crippen LogP contribution is -2.27. The predicted molar refractivity (Wildman–Crippen MR) is 70.1 cm³/mol. The van der Waals surface area contributed by atoms with Crippen LogP contribution in [0.2, 0.25) is 0 Å². The Morgan fingerprint density at radius 1 is 1.37 bits per heavy atom. The summed E-state index contributed by atoms with van der Waals surface area (Å²) in [5, 5.41) is 4.61. The number of hydrogen-bond acceptors (Lipinski definition) is 3. The van der Waals surface area contributed by atoms with E-state index in [1.807, 2.05) is 30.6 Å². The van der Waals surface area contributed by atoms with Crippen molar-refractivity contribution in [1.29, 1.82) is 0 Å². The molecule has 3 amide bonds. The first-order valence-electron chi connectivity index (χ1n) is 5.97. The van der Waals surface area contributed by atoms with Crippen LogP contribution in [0.1, 0.15) is 6.42 Å². The first-order valence-corrected chi connectivity index (χ1v) is 5.97. The van der Waals surface area contributed by atoms with Crippen LogP contribution < -0.4 is 10.6 Å². The molecule has 2 atom stereocenters. The van der Waals surface area contributed by atoms with Gasteiger partial charge in [-0.1, -0.05) is 24.0 Å². The molecule has 2 aliphatic heterocycles. The molecule has 94 valence electrons. The third-order valence-electron chi connectivity index (χ3n) is 3.15. The number of urea groups is 1. The minimum atomic E-state index is -0.760. The number of aliphatic imine (C=N–C) groups is 1. The van der Waals surface area contributed by atoms with Gasteiger partial charge in [0.05, 0.1) is 0 Å². The van der Waals surface area contributed by atoms with Crippen LogP contribution in [0.3, 0.4) is 0 Å². The summed E-state index contributed by atoms with van der Waals surface area (Å²) in [6, 6.07) is -1.25. The summed E-state index contributed by atoms with van der Waals surface area (Å²) in [7, 11) is 0. The van der Waals surface area contributed by atoms with Gasteiger partial charge in [-0.3, -0.25) is 15.1 Å². The fourth-order valence-electron chi connectivity index (χ4n) is 2.18. The van der Waals surface area contributed by atoms with Gasteiger partial charge in [0, 0.05) is 23.9 Å². The highest BCUT2D eigenvalue weighted by Gasteiger charge is 2.28. The average Bonchev–Trinajstić information content (AvgIpc) is 2.74. The molecule has 0 aromatic rings. The van der Waals surface area contributed by atoms with Crippen molar-refractivity contribution in [3.05, 3.63) is 35.6 Å². The Morgan fingerprint density at radius 3 is 3.05 bits per heavy atom. The molecule has 5 nitrogen and oxygen atoms in total. The molecule has 0 spiro atoms. The summed E-state index contributed by atoms with van der Waals surface area (Å²) in [6.07, 6.45) is 10.3. The Bertz CT molecular complexity index is 629. The highest BCUT2D eigenvalue weighted by atomic mass is 16.2. The third-order valence-corrected chi connectivity index (χ3v) is 3.15. The maximum atomic E-state index is 11.4. The fraction of sp³-hybridized carbons (Fsp3) is 0.214. The van der Waals surface area contributed by atoms with Crippen molar-refractivity contribution in [3.63, 3.8) is 0 Å². The van der Waals surface area contributed by atoms with Crippen molar-refractivity contribution in [1.82, 2.24) is 10.6 Å². The van der Waals surface area contributed by atoms with Gasteiger partial charge in [-0.2, -0.15) is 0 Å². The van der Waals surface area contributed by atoms with Crippen molar-refractivity contribution < 1.29 is 9.59 Å². The second-order valence-corrected chi connectivity index (χ2v) is 4.40. The lowest BCUT2D eigenvalue weighted by molar-refractivity contribution is -0.119. The number of nitrogens with zero attached hydrogens (tertiary/aromatic N) is 1. The molecule has 5 heteroatoms. The number of imide groups is 1. The maximum absolute atomic E-state index is 11.4. The van der Waals surface area contributed by atoms with Gasteiger partial charge in [0.15, 0.2) is 6.04 Å². The molecule has 3 rings (SSSR count). The SMILES string of the molecule is O=C1NC(=O)C(C#CC2=CC=CC3=CN=CCC23)N1. The van der Waals surface area contributed by atoms with E-state index in [4.69, 9.17) is 0 Å². The molecule has 2 heterocycles. The van der Waals surface area contributed by atoms with Gasteiger partial charge in [0.1, 0.15) is 0 Å². The zero-order chi connectivity index (χ0) is 13.2. The van der Waals surface area contributed by atoms with Gasteiger partial charge >= 0.3 is 6.03 Å². The third kappa shape index (κ3) is 2.20. The molecule has 2 unspecified atom stereocenters. The number of allylic oxidation sites excluding steroid dienone is 5. The summed E-state index contributed by atoms with van der Waals surface area (Å²) >= 11 is 0. The van der Waals surface area contributed by atoms with Crippen LogP contribution in [-0.2, 0) is 4.79 Å². The average molecular weight is 253 g/mol. The molecule has 0 aromatic heterocycles. The van der Waals surface area contributed by atoms with E-state index in [2.05, 4.69) is 27.5 Å². The fourth-order valence-corrected chi connectivity index (χ4v) is 2.18. The molecular weight excluding hydrogens is 242 g/mol. The molecule has 3 aliphatic rings. The molecule has 1 fully saturated rings. The van der Waals surface area contributed by atoms with Crippen molar-refractivity contribution >= 4 is 18.2 Å². The lowest BCUT2D eigenvalue weighted by atomic mass is 9.84. The molecular formula is C14H11N3O2. The molecule has 1 saturated heterocycles. The van der Waals surface area contributed by atoms with Crippen molar-refractivity contribution in [3.8, 4) is 11.8 Å². The molecule has 1 aliphatic carbocycles. The number of carbonyl (C=O) groups excluding carboxylic acids is 2. The highest BCUT2D eigenvalue weighted by Crippen LogP contribution is 2.29. The Hall–Kier alpha value is -2.61. The van der Waals surface area contributed by atoms with Gasteiger partial charge < -0.3 is 5.32 Å². The van der Waals surface area contributed by atoms with Crippen LogP contribution >= 0.6 is 0 Å². The van der Waals surface area contributed by atoms with Gasteiger partial charge in [0.25, 0.3) is 5.91 Å². The summed E-state index contributed by atoms with van der Waals surface area (Å²) in [5.41, 5.74) is 2.06. The van der Waals surface area contributed by atoms with Gasteiger partial charge in [-0.15, -0.1) is 0 Å². The van der Waals surface area contributed by atoms with E-state index in [9.17, 15) is 9.59 Å². The van der Waals surface area contributed by atoms with Crippen LogP contribution in [0.4, 0.5) is 4.79 Å². The Labute approximate surface area is 110 Å². The van der Waals surface area contributed by atoms with Crippen molar-refractivity contribution in [2.24, 2.45) is 10.9 Å². The Kier molecular flexibility index (Phi) is 2.76. The zero-order valence-corrected chi connectivity index (χ0v) is 10.0. The monoisotopic (exact) mass is 253 g/mol. The van der Waals surface area contributed by atoms with E-state index in [0.717, 1.165) is 17.6 Å². The molecule has 19 heavy (non-hydrogen) atoms. The minimum Gasteiger partial charge on any atom is -0.316 e. The maximum Gasteiger partial charge on any atom is 0.322 e. The number of amides is 3. The number of nitrogens with one attached hydrogen (secondary N) is 2. The van der Waals surface area contributed by atoms with Crippen LogP contribution in [0.5, 0.6) is 0 Å². The van der Waals surface area contributed by atoms with Gasteiger partial charge in [-0.25, -0.2) is 4.79 Å². The Balaban J connectivity index is 1.81. The quantitative estimate of drug-likeness (QED) is 0.492. The van der Waals surface area contributed by atoms with Gasteiger partial charge in [-0.05, 0) is 18.1 Å². The molecule has 2 N–H and O–H groups in total. The van der Waals surface area contributed by atoms with E-state index in [0.29, 0.717) is 0 Å². The summed E-state index contributed by atoms with van der Waals surface area (Å²) in [5.74, 6) is 5.60. The van der Waals surface area contributed by atoms with E-state index >= 15 is 0 Å². The highest BCUT2D eigenvalue weighted by molar-refractivity contribution is 6.05. The number of rotatable bonds is 0. The largest absolute Gasteiger partial charge is 0.322 e. The first kappa shape index (κ1) is 11.5. The predicted octanol–water partition coefficient (Wildman–Crippen LogP) is 0.669. The van der Waals surface area contributed by atoms with E-state index in [-0.39, 0.29) is 5.92 Å². The van der Waals surface area contributed by atoms with Gasteiger partial charge in [0.2, 0.25) is 0 Å².